The van der Waals surface area contributed by atoms with E-state index >= 15 is 0 Å². The van der Waals surface area contributed by atoms with Gasteiger partial charge in [0.1, 0.15) is 5.76 Å². The number of nitrogens with one attached hydrogen (secondary N) is 1. The van der Waals surface area contributed by atoms with Crippen molar-refractivity contribution >= 4 is 5.96 Å². The van der Waals surface area contributed by atoms with Crippen LogP contribution in [0.3, 0.4) is 0 Å². The van der Waals surface area contributed by atoms with Gasteiger partial charge in [-0.05, 0) is 36.8 Å². The van der Waals surface area contributed by atoms with Crippen LogP contribution < -0.4 is 5.32 Å². The van der Waals surface area contributed by atoms with Crippen LogP contribution in [0.5, 0.6) is 0 Å². The lowest BCUT2D eigenvalue weighted by atomic mass is 9.97. The van der Waals surface area contributed by atoms with Crippen LogP contribution in [-0.4, -0.2) is 74.8 Å². The third-order valence-corrected chi connectivity index (χ3v) is 5.41. The highest BCUT2D eigenvalue weighted by Gasteiger charge is 2.25. The Morgan fingerprint density at radius 3 is 2.89 bits per heavy atom. The van der Waals surface area contributed by atoms with E-state index in [0.717, 1.165) is 89.0 Å². The number of ether oxygens (including phenoxy) is 1. The summed E-state index contributed by atoms with van der Waals surface area (Å²) in [6.07, 6.45) is 5.22. The van der Waals surface area contributed by atoms with E-state index < -0.39 is 0 Å². The molecule has 2 aliphatic rings. The van der Waals surface area contributed by atoms with Gasteiger partial charge < -0.3 is 19.4 Å². The van der Waals surface area contributed by atoms with E-state index in [1.54, 1.807) is 6.26 Å². The lowest BCUT2D eigenvalue weighted by Crippen LogP contribution is -2.42. The highest BCUT2D eigenvalue weighted by atomic mass is 16.5. The average Bonchev–Trinajstić information content (AvgIpc) is 3.33. The number of nitrogens with zero attached hydrogens (tertiary/aromatic N) is 3. The predicted octanol–water partition coefficient (Wildman–Crippen LogP) is 2.47. The molecule has 0 aromatic carbocycles. The first-order chi connectivity index (χ1) is 13.2. The molecule has 0 amide bonds. The van der Waals surface area contributed by atoms with E-state index in [1.165, 1.54) is 12.8 Å². The standard InChI is InChI=1S/C21H36N4O2/c1-18(2)16-19-6-9-25(17-19)21(22-7-5-20-4-3-13-27-20)23-8-10-24-11-14-26-15-12-24/h3-4,13,18-19H,5-12,14-17H2,1-2H3,(H,22,23). The molecular weight excluding hydrogens is 340 g/mol. The number of hydrogen-bond acceptors (Lipinski definition) is 4. The fraction of sp³-hybridized carbons (Fsp3) is 0.762. The maximum atomic E-state index is 5.45. The summed E-state index contributed by atoms with van der Waals surface area (Å²) in [6, 6.07) is 3.98. The molecule has 3 rings (SSSR count). The first kappa shape index (κ1) is 20.2. The highest BCUT2D eigenvalue weighted by Crippen LogP contribution is 2.23. The minimum atomic E-state index is 0.767. The summed E-state index contributed by atoms with van der Waals surface area (Å²) in [7, 11) is 0. The molecule has 152 valence electrons. The highest BCUT2D eigenvalue weighted by molar-refractivity contribution is 5.80. The SMILES string of the molecule is CC(C)CC1CCN(C(=NCCN2CCOCC2)NCCc2ccco2)C1. The second-order valence-corrected chi connectivity index (χ2v) is 8.15. The second kappa shape index (κ2) is 10.7. The van der Waals surface area contributed by atoms with Crippen LogP contribution in [0.1, 0.15) is 32.4 Å². The zero-order valence-corrected chi connectivity index (χ0v) is 17.0. The minimum absolute atomic E-state index is 0.767. The average molecular weight is 377 g/mol. The number of guanidine groups is 1. The molecule has 1 aromatic rings. The summed E-state index contributed by atoms with van der Waals surface area (Å²) in [5.74, 6) is 3.65. The molecule has 1 aromatic heterocycles. The molecule has 2 aliphatic heterocycles. The van der Waals surface area contributed by atoms with Gasteiger partial charge in [0.15, 0.2) is 5.96 Å². The number of furan rings is 1. The second-order valence-electron chi connectivity index (χ2n) is 8.15. The molecule has 0 radical (unpaired) electrons. The summed E-state index contributed by atoms with van der Waals surface area (Å²) in [5.41, 5.74) is 0. The molecule has 3 heterocycles. The van der Waals surface area contributed by atoms with E-state index in [9.17, 15) is 0 Å². The fourth-order valence-corrected chi connectivity index (χ4v) is 4.03. The summed E-state index contributed by atoms with van der Waals surface area (Å²) in [5, 5.41) is 3.58. The monoisotopic (exact) mass is 376 g/mol. The smallest absolute Gasteiger partial charge is 0.193 e. The van der Waals surface area contributed by atoms with Crippen LogP contribution in [0.2, 0.25) is 0 Å². The number of likely N-dealkylation sites (tertiary alicyclic amines) is 1. The van der Waals surface area contributed by atoms with Gasteiger partial charge in [0.05, 0.1) is 26.0 Å². The normalized spacial score (nSPS) is 22.0. The molecule has 6 nitrogen and oxygen atoms in total. The maximum Gasteiger partial charge on any atom is 0.193 e. The molecule has 2 saturated heterocycles. The molecule has 0 bridgehead atoms. The Labute approximate surface area is 163 Å². The lowest BCUT2D eigenvalue weighted by molar-refractivity contribution is 0.0394. The van der Waals surface area contributed by atoms with Crippen LogP contribution in [0.25, 0.3) is 0 Å². The molecule has 0 saturated carbocycles. The van der Waals surface area contributed by atoms with Crippen molar-refractivity contribution in [1.82, 2.24) is 15.1 Å². The van der Waals surface area contributed by atoms with Gasteiger partial charge in [-0.15, -0.1) is 0 Å². The largest absolute Gasteiger partial charge is 0.469 e. The van der Waals surface area contributed by atoms with Crippen molar-refractivity contribution < 1.29 is 9.15 Å². The Morgan fingerprint density at radius 1 is 1.30 bits per heavy atom. The van der Waals surface area contributed by atoms with Gasteiger partial charge >= 0.3 is 0 Å². The molecule has 6 heteroatoms. The van der Waals surface area contributed by atoms with Gasteiger partial charge in [-0.1, -0.05) is 13.8 Å². The summed E-state index contributed by atoms with van der Waals surface area (Å²) < 4.78 is 10.9. The Balaban J connectivity index is 1.51. The van der Waals surface area contributed by atoms with Crippen molar-refractivity contribution in [3.63, 3.8) is 0 Å². The third-order valence-electron chi connectivity index (χ3n) is 5.41. The Morgan fingerprint density at radius 2 is 2.15 bits per heavy atom. The van der Waals surface area contributed by atoms with Crippen molar-refractivity contribution in [2.75, 3.05) is 59.0 Å². The molecule has 2 fully saturated rings. The number of morpholine rings is 1. The molecule has 0 aliphatic carbocycles. The van der Waals surface area contributed by atoms with Crippen LogP contribution in [0, 0.1) is 11.8 Å². The topological polar surface area (TPSA) is 53.2 Å². The first-order valence-electron chi connectivity index (χ1n) is 10.6. The van der Waals surface area contributed by atoms with E-state index in [-0.39, 0.29) is 0 Å². The molecular formula is C21H36N4O2. The lowest BCUT2D eigenvalue weighted by Gasteiger charge is -2.26. The van der Waals surface area contributed by atoms with Gasteiger partial charge in [0.2, 0.25) is 0 Å². The van der Waals surface area contributed by atoms with E-state index in [0.29, 0.717) is 0 Å². The van der Waals surface area contributed by atoms with Crippen molar-refractivity contribution in [2.24, 2.45) is 16.8 Å². The zero-order valence-electron chi connectivity index (χ0n) is 17.0. The van der Waals surface area contributed by atoms with E-state index in [1.807, 2.05) is 12.1 Å². The summed E-state index contributed by atoms with van der Waals surface area (Å²) >= 11 is 0. The van der Waals surface area contributed by atoms with E-state index in [2.05, 4.69) is 29.0 Å². The summed E-state index contributed by atoms with van der Waals surface area (Å²) in [4.78, 5) is 9.85. The van der Waals surface area contributed by atoms with Crippen molar-refractivity contribution in [3.8, 4) is 0 Å². The molecule has 1 unspecified atom stereocenters. The van der Waals surface area contributed by atoms with E-state index in [4.69, 9.17) is 14.1 Å². The number of aliphatic imine (C=N–C) groups is 1. The van der Waals surface area contributed by atoms with Crippen molar-refractivity contribution in [1.29, 1.82) is 0 Å². The predicted molar refractivity (Wildman–Crippen MR) is 109 cm³/mol. The molecule has 27 heavy (non-hydrogen) atoms. The molecule has 0 spiro atoms. The van der Waals surface area contributed by atoms with Crippen LogP contribution in [0.15, 0.2) is 27.8 Å². The van der Waals surface area contributed by atoms with Crippen LogP contribution in [-0.2, 0) is 11.2 Å². The number of hydrogen-bond donors (Lipinski definition) is 1. The van der Waals surface area contributed by atoms with Gasteiger partial charge in [0, 0.05) is 45.7 Å². The number of rotatable bonds is 8. The maximum absolute atomic E-state index is 5.45. The van der Waals surface area contributed by atoms with Crippen molar-refractivity contribution in [3.05, 3.63) is 24.2 Å². The fourth-order valence-electron chi connectivity index (χ4n) is 4.03. The molecule has 1 atom stereocenters. The minimum Gasteiger partial charge on any atom is -0.469 e. The van der Waals surface area contributed by atoms with Crippen LogP contribution in [0.4, 0.5) is 0 Å². The molecule has 1 N–H and O–H groups in total. The van der Waals surface area contributed by atoms with Crippen LogP contribution >= 0.6 is 0 Å². The van der Waals surface area contributed by atoms with Gasteiger partial charge in [0.25, 0.3) is 0 Å². The quantitative estimate of drug-likeness (QED) is 0.558. The first-order valence-corrected chi connectivity index (χ1v) is 10.6. The summed E-state index contributed by atoms with van der Waals surface area (Å²) in [6.45, 7) is 13.3. The Kier molecular flexibility index (Phi) is 8.02. The van der Waals surface area contributed by atoms with Gasteiger partial charge in [-0.25, -0.2) is 0 Å². The Hall–Kier alpha value is -1.53. The van der Waals surface area contributed by atoms with Gasteiger partial charge in [-0.2, -0.15) is 0 Å². The third kappa shape index (κ3) is 6.85. The van der Waals surface area contributed by atoms with Gasteiger partial charge in [-0.3, -0.25) is 9.89 Å². The Bertz CT molecular complexity index is 553. The van der Waals surface area contributed by atoms with Crippen molar-refractivity contribution in [2.45, 2.75) is 33.1 Å². The zero-order chi connectivity index (χ0) is 18.9.